The van der Waals surface area contributed by atoms with Crippen LogP contribution in [0, 0.1) is 0 Å². The molecule has 1 heterocycles. The molecule has 0 radical (unpaired) electrons. The molecule has 0 unspecified atom stereocenters. The Labute approximate surface area is 131 Å². The van der Waals surface area contributed by atoms with E-state index in [0.717, 1.165) is 17.5 Å². The Kier molecular flexibility index (Phi) is 5.76. The predicted octanol–water partition coefficient (Wildman–Crippen LogP) is 2.68. The van der Waals surface area contributed by atoms with Crippen molar-refractivity contribution in [2.45, 2.75) is 24.8 Å². The second-order valence-electron chi connectivity index (χ2n) is 4.96. The zero-order chi connectivity index (χ0) is 16.0. The maximum Gasteiger partial charge on any atom is 0.243 e. The fourth-order valence-electron chi connectivity index (χ4n) is 2.11. The average molecular weight is 323 g/mol. The fourth-order valence-corrected chi connectivity index (χ4v) is 3.52. The van der Waals surface area contributed by atoms with E-state index >= 15 is 0 Å². The minimum atomic E-state index is -3.56. The highest BCUT2D eigenvalue weighted by Crippen LogP contribution is 2.19. The lowest BCUT2D eigenvalue weighted by Crippen LogP contribution is -2.33. The standard InChI is InChI=1S/C16H21NO4S/c1-3-14-4-6-16(7-5-14)22(18,19)17(9-11-20-2)12-15-8-10-21-13-15/h4-8,10,13H,3,9,11-12H2,1-2H3. The fraction of sp³-hybridized carbons (Fsp3) is 0.375. The van der Waals surface area contributed by atoms with Crippen LogP contribution in [-0.2, 0) is 27.7 Å². The van der Waals surface area contributed by atoms with Crippen LogP contribution in [0.2, 0.25) is 0 Å². The first kappa shape index (κ1) is 16.7. The molecule has 1 aromatic heterocycles. The lowest BCUT2D eigenvalue weighted by molar-refractivity contribution is 0.177. The van der Waals surface area contributed by atoms with Gasteiger partial charge in [0.1, 0.15) is 0 Å². The third-order valence-corrected chi connectivity index (χ3v) is 5.31. The zero-order valence-corrected chi connectivity index (χ0v) is 13.7. The maximum atomic E-state index is 12.8. The van der Waals surface area contributed by atoms with E-state index < -0.39 is 10.0 Å². The summed E-state index contributed by atoms with van der Waals surface area (Å²) in [6, 6.07) is 8.76. The summed E-state index contributed by atoms with van der Waals surface area (Å²) in [7, 11) is -2.01. The molecule has 22 heavy (non-hydrogen) atoms. The molecule has 0 bridgehead atoms. The van der Waals surface area contributed by atoms with Crippen LogP contribution in [0.1, 0.15) is 18.1 Å². The van der Waals surface area contributed by atoms with Crippen molar-refractivity contribution in [1.82, 2.24) is 4.31 Å². The van der Waals surface area contributed by atoms with Crippen LogP contribution in [0.3, 0.4) is 0 Å². The van der Waals surface area contributed by atoms with Crippen LogP contribution in [0.25, 0.3) is 0 Å². The van der Waals surface area contributed by atoms with Crippen molar-refractivity contribution in [3.63, 3.8) is 0 Å². The molecule has 2 rings (SSSR count). The number of sulfonamides is 1. The first-order valence-electron chi connectivity index (χ1n) is 7.17. The third kappa shape index (κ3) is 3.97. The molecule has 0 saturated heterocycles. The van der Waals surface area contributed by atoms with Crippen molar-refractivity contribution in [2.24, 2.45) is 0 Å². The van der Waals surface area contributed by atoms with Gasteiger partial charge in [0.25, 0.3) is 0 Å². The highest BCUT2D eigenvalue weighted by molar-refractivity contribution is 7.89. The number of benzene rings is 1. The predicted molar refractivity (Wildman–Crippen MR) is 84.0 cm³/mol. The van der Waals surface area contributed by atoms with Gasteiger partial charge in [-0.15, -0.1) is 0 Å². The van der Waals surface area contributed by atoms with Gasteiger partial charge < -0.3 is 9.15 Å². The van der Waals surface area contributed by atoms with E-state index in [0.29, 0.717) is 18.0 Å². The lowest BCUT2D eigenvalue weighted by atomic mass is 10.2. The number of ether oxygens (including phenoxy) is 1. The van der Waals surface area contributed by atoms with E-state index in [1.54, 1.807) is 31.6 Å². The zero-order valence-electron chi connectivity index (χ0n) is 12.9. The van der Waals surface area contributed by atoms with Crippen molar-refractivity contribution >= 4 is 10.0 Å². The minimum Gasteiger partial charge on any atom is -0.472 e. The molecule has 0 atom stereocenters. The number of hydrogen-bond donors (Lipinski definition) is 0. The first-order valence-corrected chi connectivity index (χ1v) is 8.61. The Morgan fingerprint density at radius 2 is 1.86 bits per heavy atom. The van der Waals surface area contributed by atoms with Gasteiger partial charge in [-0.25, -0.2) is 8.42 Å². The number of nitrogens with zero attached hydrogens (tertiary/aromatic N) is 1. The highest BCUT2D eigenvalue weighted by atomic mass is 32.2. The van der Waals surface area contributed by atoms with Crippen LogP contribution in [-0.4, -0.2) is 33.0 Å². The van der Waals surface area contributed by atoms with Crippen molar-refractivity contribution in [3.8, 4) is 0 Å². The van der Waals surface area contributed by atoms with Crippen molar-refractivity contribution < 1.29 is 17.6 Å². The lowest BCUT2D eigenvalue weighted by Gasteiger charge is -2.21. The summed E-state index contributed by atoms with van der Waals surface area (Å²) < 4.78 is 37.1. The first-order chi connectivity index (χ1) is 10.6. The summed E-state index contributed by atoms with van der Waals surface area (Å²) in [4.78, 5) is 0.296. The van der Waals surface area contributed by atoms with E-state index in [1.807, 2.05) is 19.1 Å². The van der Waals surface area contributed by atoms with Gasteiger partial charge >= 0.3 is 0 Å². The Hall–Kier alpha value is -1.63. The Balaban J connectivity index is 2.26. The van der Waals surface area contributed by atoms with E-state index in [9.17, 15) is 8.42 Å². The van der Waals surface area contributed by atoms with Gasteiger partial charge in [-0.05, 0) is 30.2 Å². The van der Waals surface area contributed by atoms with Crippen molar-refractivity contribution in [3.05, 3.63) is 54.0 Å². The maximum absolute atomic E-state index is 12.8. The van der Waals surface area contributed by atoms with Gasteiger partial charge in [0, 0.05) is 25.8 Å². The normalized spacial score (nSPS) is 12.0. The average Bonchev–Trinajstić information content (AvgIpc) is 3.04. The summed E-state index contributed by atoms with van der Waals surface area (Å²) in [5, 5.41) is 0. The molecule has 0 aliphatic carbocycles. The quantitative estimate of drug-likeness (QED) is 0.749. The molecule has 0 amide bonds. The summed E-state index contributed by atoms with van der Waals surface area (Å²) in [5.74, 6) is 0. The second-order valence-corrected chi connectivity index (χ2v) is 6.90. The topological polar surface area (TPSA) is 59.8 Å². The molecule has 0 fully saturated rings. The number of methoxy groups -OCH3 is 1. The van der Waals surface area contributed by atoms with Crippen molar-refractivity contribution in [1.29, 1.82) is 0 Å². The van der Waals surface area contributed by atoms with Gasteiger partial charge in [-0.3, -0.25) is 0 Å². The number of hydrogen-bond acceptors (Lipinski definition) is 4. The number of furan rings is 1. The van der Waals surface area contributed by atoms with E-state index in [4.69, 9.17) is 9.15 Å². The highest BCUT2D eigenvalue weighted by Gasteiger charge is 2.24. The Bertz CT molecular complexity index is 663. The number of rotatable bonds is 8. The summed E-state index contributed by atoms with van der Waals surface area (Å²) in [6.07, 6.45) is 3.96. The van der Waals surface area contributed by atoms with Crippen LogP contribution >= 0.6 is 0 Å². The van der Waals surface area contributed by atoms with E-state index in [1.165, 1.54) is 10.6 Å². The van der Waals surface area contributed by atoms with Gasteiger partial charge in [0.05, 0.1) is 24.0 Å². The molecule has 120 valence electrons. The van der Waals surface area contributed by atoms with Gasteiger partial charge in [0.2, 0.25) is 10.0 Å². The number of aryl methyl sites for hydroxylation is 1. The molecule has 0 saturated carbocycles. The molecular formula is C16H21NO4S. The molecule has 0 aliphatic rings. The summed E-state index contributed by atoms with van der Waals surface area (Å²) >= 11 is 0. The molecule has 5 nitrogen and oxygen atoms in total. The molecule has 0 spiro atoms. The minimum absolute atomic E-state index is 0.262. The summed E-state index contributed by atoms with van der Waals surface area (Å²) in [5.41, 5.74) is 1.92. The van der Waals surface area contributed by atoms with Crippen LogP contribution in [0.5, 0.6) is 0 Å². The largest absolute Gasteiger partial charge is 0.472 e. The monoisotopic (exact) mass is 323 g/mol. The molecule has 6 heteroatoms. The van der Waals surface area contributed by atoms with Gasteiger partial charge in [0.15, 0.2) is 0 Å². The second kappa shape index (κ2) is 7.58. The summed E-state index contributed by atoms with van der Waals surface area (Å²) in [6.45, 7) is 2.93. The van der Waals surface area contributed by atoms with E-state index in [2.05, 4.69) is 0 Å². The SMILES string of the molecule is CCc1ccc(S(=O)(=O)N(CCOC)Cc2ccoc2)cc1. The van der Waals surface area contributed by atoms with Gasteiger partial charge in [-0.2, -0.15) is 4.31 Å². The molecule has 0 aliphatic heterocycles. The smallest absolute Gasteiger partial charge is 0.243 e. The van der Waals surface area contributed by atoms with E-state index in [-0.39, 0.29) is 6.54 Å². The van der Waals surface area contributed by atoms with Crippen molar-refractivity contribution in [2.75, 3.05) is 20.3 Å². The molecular weight excluding hydrogens is 302 g/mol. The third-order valence-electron chi connectivity index (χ3n) is 3.45. The van der Waals surface area contributed by atoms with Gasteiger partial charge in [-0.1, -0.05) is 19.1 Å². The molecule has 1 aromatic carbocycles. The molecule has 0 N–H and O–H groups in total. The Morgan fingerprint density at radius 1 is 1.14 bits per heavy atom. The Morgan fingerprint density at radius 3 is 2.41 bits per heavy atom. The van der Waals surface area contributed by atoms with Crippen LogP contribution in [0.4, 0.5) is 0 Å². The molecule has 2 aromatic rings. The van der Waals surface area contributed by atoms with Crippen LogP contribution < -0.4 is 0 Å². The van der Waals surface area contributed by atoms with Crippen LogP contribution in [0.15, 0.2) is 52.2 Å².